The van der Waals surface area contributed by atoms with Crippen molar-refractivity contribution in [1.82, 2.24) is 0 Å². The van der Waals surface area contributed by atoms with Crippen LogP contribution in [0.2, 0.25) is 0 Å². The second-order valence-electron chi connectivity index (χ2n) is 3.02. The van der Waals surface area contributed by atoms with E-state index >= 15 is 0 Å². The lowest BCUT2D eigenvalue weighted by atomic mass is 10.1. The van der Waals surface area contributed by atoms with Crippen LogP contribution < -0.4 is 5.73 Å². The Morgan fingerprint density at radius 3 is 3.00 bits per heavy atom. The Labute approximate surface area is 58.2 Å². The zero-order valence-corrected chi connectivity index (χ0v) is 5.40. The van der Waals surface area contributed by atoms with Crippen molar-refractivity contribution in [2.75, 3.05) is 6.61 Å². The van der Waals surface area contributed by atoms with Gasteiger partial charge in [-0.25, -0.2) is 0 Å². The molecule has 0 spiro atoms. The van der Waals surface area contributed by atoms with E-state index in [9.17, 15) is 0 Å². The van der Waals surface area contributed by atoms with Gasteiger partial charge in [0.2, 0.25) is 0 Å². The van der Waals surface area contributed by atoms with Gasteiger partial charge in [-0.15, -0.1) is 0 Å². The van der Waals surface area contributed by atoms with E-state index in [1.54, 1.807) is 0 Å². The van der Waals surface area contributed by atoms with Crippen molar-refractivity contribution in [2.24, 2.45) is 5.73 Å². The highest BCUT2D eigenvalue weighted by Gasteiger charge is 2.59. The van der Waals surface area contributed by atoms with Gasteiger partial charge in [0.05, 0.1) is 12.6 Å². The molecule has 3 rings (SSSR count). The molecule has 4 heteroatoms. The predicted molar refractivity (Wildman–Crippen MR) is 31.2 cm³/mol. The largest absolute Gasteiger partial charge is 0.365 e. The third-order valence-corrected chi connectivity index (χ3v) is 2.36. The monoisotopic (exact) mass is 143 g/mol. The topological polar surface area (TPSA) is 57.0 Å². The maximum absolute atomic E-state index is 5.73. The summed E-state index contributed by atoms with van der Waals surface area (Å²) in [5, 5.41) is 0. The summed E-state index contributed by atoms with van der Waals surface area (Å²) < 4.78 is 15.9. The fraction of sp³-hybridized carbons (Fsp3) is 1.00. The molecule has 2 N–H and O–H groups in total. The van der Waals surface area contributed by atoms with Crippen LogP contribution in [0, 0.1) is 0 Å². The van der Waals surface area contributed by atoms with Crippen LogP contribution in [0.3, 0.4) is 0 Å². The van der Waals surface area contributed by atoms with Gasteiger partial charge in [-0.2, -0.15) is 0 Å². The summed E-state index contributed by atoms with van der Waals surface area (Å²) in [6.07, 6.45) is 0.406. The molecular weight excluding hydrogens is 134 g/mol. The second kappa shape index (κ2) is 1.53. The number of hydrogen-bond donors (Lipinski definition) is 1. The zero-order chi connectivity index (χ0) is 6.72. The van der Waals surface area contributed by atoms with Crippen LogP contribution in [-0.2, 0) is 14.2 Å². The van der Waals surface area contributed by atoms with E-state index in [-0.39, 0.29) is 30.6 Å². The summed E-state index contributed by atoms with van der Waals surface area (Å²) in [7, 11) is 0. The minimum atomic E-state index is -0.200. The molecule has 5 atom stereocenters. The fourth-order valence-corrected chi connectivity index (χ4v) is 1.71. The van der Waals surface area contributed by atoms with Crippen molar-refractivity contribution >= 4 is 0 Å². The van der Waals surface area contributed by atoms with Crippen LogP contribution >= 0.6 is 0 Å². The molecule has 2 bridgehead atoms. The lowest BCUT2D eigenvalue weighted by molar-refractivity contribution is -0.0847. The fourth-order valence-electron chi connectivity index (χ4n) is 1.71. The quantitative estimate of drug-likeness (QED) is 0.434. The predicted octanol–water partition coefficient (Wildman–Crippen LogP) is -1.16. The van der Waals surface area contributed by atoms with Gasteiger partial charge in [0.1, 0.15) is 18.3 Å². The molecule has 3 aliphatic heterocycles. The number of nitrogens with two attached hydrogens (primary N) is 1. The Balaban J connectivity index is 1.91. The molecule has 0 aromatic heterocycles. The molecular formula is C6H9NO3. The van der Waals surface area contributed by atoms with E-state index in [2.05, 4.69) is 0 Å². The molecule has 3 fully saturated rings. The maximum atomic E-state index is 5.73. The van der Waals surface area contributed by atoms with Crippen molar-refractivity contribution in [3.05, 3.63) is 0 Å². The smallest absolute Gasteiger partial charge is 0.175 e. The van der Waals surface area contributed by atoms with Crippen molar-refractivity contribution in [3.8, 4) is 0 Å². The van der Waals surface area contributed by atoms with Gasteiger partial charge in [0.25, 0.3) is 0 Å². The Hall–Kier alpha value is -0.160. The number of epoxide rings is 1. The molecule has 0 amide bonds. The minimum Gasteiger partial charge on any atom is -0.365 e. The first-order chi connectivity index (χ1) is 4.86. The van der Waals surface area contributed by atoms with E-state index in [0.717, 1.165) is 0 Å². The van der Waals surface area contributed by atoms with Gasteiger partial charge < -0.3 is 19.9 Å². The zero-order valence-electron chi connectivity index (χ0n) is 5.40. The average Bonchev–Trinajstić information content (AvgIpc) is 2.61. The Kier molecular flexibility index (Phi) is 0.840. The van der Waals surface area contributed by atoms with Crippen LogP contribution in [0.15, 0.2) is 0 Å². The van der Waals surface area contributed by atoms with Gasteiger partial charge in [-0.1, -0.05) is 0 Å². The van der Waals surface area contributed by atoms with E-state index in [4.69, 9.17) is 19.9 Å². The highest BCUT2D eigenvalue weighted by molar-refractivity contribution is 5.05. The van der Waals surface area contributed by atoms with E-state index in [1.165, 1.54) is 0 Å². The van der Waals surface area contributed by atoms with E-state index in [0.29, 0.717) is 6.61 Å². The van der Waals surface area contributed by atoms with E-state index < -0.39 is 0 Å². The molecule has 0 radical (unpaired) electrons. The summed E-state index contributed by atoms with van der Waals surface area (Å²) in [4.78, 5) is 0. The average molecular weight is 143 g/mol. The summed E-state index contributed by atoms with van der Waals surface area (Å²) in [6, 6.07) is -0.0660. The first-order valence-corrected chi connectivity index (χ1v) is 3.54. The Bertz CT molecular complexity index is 172. The normalized spacial score (nSPS) is 63.9. The molecule has 0 saturated carbocycles. The highest BCUT2D eigenvalue weighted by Crippen LogP contribution is 2.40. The first-order valence-electron chi connectivity index (χ1n) is 3.54. The molecule has 0 aromatic carbocycles. The third kappa shape index (κ3) is 0.509. The van der Waals surface area contributed by atoms with Crippen LogP contribution in [0.4, 0.5) is 0 Å². The van der Waals surface area contributed by atoms with Gasteiger partial charge in [0.15, 0.2) is 6.29 Å². The molecule has 3 saturated heterocycles. The molecule has 0 unspecified atom stereocenters. The standard InChI is InChI=1S/C6H9NO3/c7-3-5-4(10-5)2-1-8-6(3)9-2/h2-6H,1,7H2/t2-,3+,4+,5-,6+/m1/s1. The van der Waals surface area contributed by atoms with Crippen molar-refractivity contribution < 1.29 is 14.2 Å². The van der Waals surface area contributed by atoms with Gasteiger partial charge in [-0.05, 0) is 0 Å². The summed E-state index contributed by atoms with van der Waals surface area (Å²) in [5.74, 6) is 0. The molecule has 4 nitrogen and oxygen atoms in total. The first kappa shape index (κ1) is 5.49. The summed E-state index contributed by atoms with van der Waals surface area (Å²) in [5.41, 5.74) is 5.73. The number of hydrogen-bond acceptors (Lipinski definition) is 4. The minimum absolute atomic E-state index is 0.0660. The van der Waals surface area contributed by atoms with Gasteiger partial charge >= 0.3 is 0 Å². The molecule has 3 heterocycles. The summed E-state index contributed by atoms with van der Waals surface area (Å²) in [6.45, 7) is 0.652. The number of rotatable bonds is 0. The van der Waals surface area contributed by atoms with Crippen LogP contribution in [0.5, 0.6) is 0 Å². The third-order valence-electron chi connectivity index (χ3n) is 2.36. The van der Waals surface area contributed by atoms with Crippen LogP contribution in [-0.4, -0.2) is 37.3 Å². The molecule has 0 aromatic rings. The van der Waals surface area contributed by atoms with Gasteiger partial charge in [-0.3, -0.25) is 0 Å². The second-order valence-corrected chi connectivity index (χ2v) is 3.02. The molecule has 56 valence electrons. The SMILES string of the molecule is N[C@@H]1[C@H]2OC[C@@H](O2)[C@@H]2O[C@H]12. The lowest BCUT2D eigenvalue weighted by Gasteiger charge is -2.19. The van der Waals surface area contributed by atoms with Gasteiger partial charge in [0, 0.05) is 0 Å². The molecule has 0 aliphatic carbocycles. The van der Waals surface area contributed by atoms with Crippen LogP contribution in [0.25, 0.3) is 0 Å². The molecule has 10 heavy (non-hydrogen) atoms. The van der Waals surface area contributed by atoms with Crippen molar-refractivity contribution in [1.29, 1.82) is 0 Å². The molecule has 3 aliphatic rings. The van der Waals surface area contributed by atoms with E-state index in [1.807, 2.05) is 0 Å². The van der Waals surface area contributed by atoms with Crippen LogP contribution in [0.1, 0.15) is 0 Å². The van der Waals surface area contributed by atoms with Crippen molar-refractivity contribution in [3.63, 3.8) is 0 Å². The lowest BCUT2D eigenvalue weighted by Crippen LogP contribution is -2.45. The Morgan fingerprint density at radius 1 is 1.20 bits per heavy atom. The number of ether oxygens (including phenoxy) is 3. The number of fused-ring (bicyclic) bond motifs is 4. The highest BCUT2D eigenvalue weighted by atomic mass is 16.8. The Morgan fingerprint density at radius 2 is 2.10 bits per heavy atom. The maximum Gasteiger partial charge on any atom is 0.175 e. The van der Waals surface area contributed by atoms with Crippen molar-refractivity contribution in [2.45, 2.75) is 30.6 Å². The summed E-state index contributed by atoms with van der Waals surface area (Å²) >= 11 is 0.